The average molecular weight is 311 g/mol. The number of hydrogen-bond acceptors (Lipinski definition) is 5. The molecule has 0 saturated carbocycles. The molecular formula is C14H21N3O3S. The first kappa shape index (κ1) is 15.9. The molecule has 0 aliphatic carbocycles. The number of hydrogen-bond donors (Lipinski definition) is 1. The van der Waals surface area contributed by atoms with E-state index in [-0.39, 0.29) is 11.6 Å². The summed E-state index contributed by atoms with van der Waals surface area (Å²) >= 11 is 1.21. The van der Waals surface area contributed by atoms with Crippen molar-refractivity contribution in [3.05, 3.63) is 25.9 Å². The van der Waals surface area contributed by atoms with E-state index in [9.17, 15) is 14.9 Å². The number of carbonyl (C=O) groups is 1. The fraction of sp³-hybridized carbons (Fsp3) is 0.643. The van der Waals surface area contributed by atoms with Crippen LogP contribution in [0.2, 0.25) is 0 Å². The topological polar surface area (TPSA) is 75.5 Å². The van der Waals surface area contributed by atoms with Gasteiger partial charge in [0.25, 0.3) is 11.6 Å². The summed E-state index contributed by atoms with van der Waals surface area (Å²) in [5.41, 5.74) is 0.0466. The standard InChI is InChI=1S/C14H21N3O3S/c1-3-15-9-11-4-6-16(7-5-11)14(18)13-8-12(17(19)20)10(2)21-13/h8,11,15H,3-7,9H2,1-2H3. The molecule has 116 valence electrons. The van der Waals surface area contributed by atoms with Crippen molar-refractivity contribution in [2.24, 2.45) is 5.92 Å². The molecule has 2 rings (SSSR count). The maximum Gasteiger partial charge on any atom is 0.283 e. The number of nitrogens with one attached hydrogen (secondary N) is 1. The summed E-state index contributed by atoms with van der Waals surface area (Å²) in [6.45, 7) is 7.21. The van der Waals surface area contributed by atoms with Crippen molar-refractivity contribution >= 4 is 22.9 Å². The molecule has 1 aliphatic rings. The normalized spacial score (nSPS) is 16.2. The number of carbonyl (C=O) groups excluding carboxylic acids is 1. The highest BCUT2D eigenvalue weighted by atomic mass is 32.1. The molecule has 0 unspecified atom stereocenters. The maximum absolute atomic E-state index is 12.4. The molecule has 7 heteroatoms. The van der Waals surface area contributed by atoms with Crippen LogP contribution in [0.5, 0.6) is 0 Å². The molecule has 1 aliphatic heterocycles. The van der Waals surface area contributed by atoms with Crippen molar-refractivity contribution in [1.29, 1.82) is 0 Å². The molecule has 1 fully saturated rings. The Labute approximate surface area is 128 Å². The van der Waals surface area contributed by atoms with E-state index >= 15 is 0 Å². The summed E-state index contributed by atoms with van der Waals surface area (Å²) in [5, 5.41) is 14.2. The van der Waals surface area contributed by atoms with Crippen LogP contribution in [0.3, 0.4) is 0 Å². The predicted molar refractivity (Wildman–Crippen MR) is 82.9 cm³/mol. The summed E-state index contributed by atoms with van der Waals surface area (Å²) in [6.07, 6.45) is 1.98. The molecule has 2 heterocycles. The number of nitrogens with zero attached hydrogens (tertiary/aromatic N) is 2. The minimum atomic E-state index is -0.425. The molecule has 1 amide bonds. The van der Waals surface area contributed by atoms with E-state index in [2.05, 4.69) is 12.2 Å². The van der Waals surface area contributed by atoms with Crippen LogP contribution in [0.15, 0.2) is 6.07 Å². The third kappa shape index (κ3) is 3.79. The molecule has 1 aromatic rings. The first-order valence-corrected chi connectivity index (χ1v) is 8.09. The monoisotopic (exact) mass is 311 g/mol. The highest BCUT2D eigenvalue weighted by Crippen LogP contribution is 2.30. The van der Waals surface area contributed by atoms with Crippen molar-refractivity contribution in [1.82, 2.24) is 10.2 Å². The second-order valence-corrected chi connectivity index (χ2v) is 6.61. The van der Waals surface area contributed by atoms with Crippen molar-refractivity contribution in [2.45, 2.75) is 26.7 Å². The van der Waals surface area contributed by atoms with Gasteiger partial charge in [-0.05, 0) is 38.8 Å². The van der Waals surface area contributed by atoms with Gasteiger partial charge in [0.1, 0.15) is 0 Å². The van der Waals surface area contributed by atoms with Crippen LogP contribution in [0.1, 0.15) is 34.3 Å². The van der Waals surface area contributed by atoms with Gasteiger partial charge in [0.2, 0.25) is 0 Å². The van der Waals surface area contributed by atoms with Gasteiger partial charge in [0, 0.05) is 19.2 Å². The van der Waals surface area contributed by atoms with Crippen molar-refractivity contribution in [3.63, 3.8) is 0 Å². The van der Waals surface area contributed by atoms with Gasteiger partial charge in [-0.3, -0.25) is 14.9 Å². The predicted octanol–water partition coefficient (Wildman–Crippen LogP) is 2.43. The maximum atomic E-state index is 12.4. The molecule has 0 atom stereocenters. The van der Waals surface area contributed by atoms with Gasteiger partial charge in [-0.25, -0.2) is 0 Å². The van der Waals surface area contributed by atoms with Crippen LogP contribution < -0.4 is 5.32 Å². The molecule has 1 aromatic heterocycles. The van der Waals surface area contributed by atoms with E-state index in [1.165, 1.54) is 17.4 Å². The lowest BCUT2D eigenvalue weighted by Crippen LogP contribution is -2.40. The number of rotatable bonds is 5. The Bertz CT molecular complexity index is 522. The first-order chi connectivity index (χ1) is 10.0. The zero-order chi connectivity index (χ0) is 15.4. The molecule has 21 heavy (non-hydrogen) atoms. The minimum absolute atomic E-state index is 0.0466. The third-order valence-corrected chi connectivity index (χ3v) is 4.91. The van der Waals surface area contributed by atoms with E-state index in [0.717, 1.165) is 39.0 Å². The van der Waals surface area contributed by atoms with Crippen LogP contribution >= 0.6 is 11.3 Å². The second-order valence-electron chi connectivity index (χ2n) is 5.35. The zero-order valence-corrected chi connectivity index (χ0v) is 13.2. The lowest BCUT2D eigenvalue weighted by molar-refractivity contribution is -0.385. The van der Waals surface area contributed by atoms with E-state index in [1.54, 1.807) is 6.92 Å². The van der Waals surface area contributed by atoms with Crippen molar-refractivity contribution in [3.8, 4) is 0 Å². The van der Waals surface area contributed by atoms with Crippen LogP contribution in [0, 0.1) is 23.0 Å². The van der Waals surface area contributed by atoms with Gasteiger partial charge in [-0.2, -0.15) is 0 Å². The number of thiophene rings is 1. The highest BCUT2D eigenvalue weighted by Gasteiger charge is 2.26. The number of amides is 1. The fourth-order valence-electron chi connectivity index (χ4n) is 2.60. The van der Waals surface area contributed by atoms with E-state index in [1.807, 2.05) is 4.90 Å². The van der Waals surface area contributed by atoms with E-state index < -0.39 is 4.92 Å². The summed E-state index contributed by atoms with van der Waals surface area (Å²) in [5.74, 6) is 0.548. The molecule has 0 aromatic carbocycles. The molecule has 1 saturated heterocycles. The van der Waals surface area contributed by atoms with Crippen LogP contribution in [-0.2, 0) is 0 Å². The van der Waals surface area contributed by atoms with E-state index in [4.69, 9.17) is 0 Å². The van der Waals surface area contributed by atoms with E-state index in [0.29, 0.717) is 15.7 Å². The van der Waals surface area contributed by atoms with Crippen LogP contribution in [-0.4, -0.2) is 41.9 Å². The van der Waals surface area contributed by atoms with Gasteiger partial charge in [0.15, 0.2) is 0 Å². The summed E-state index contributed by atoms with van der Waals surface area (Å²) in [6, 6.07) is 1.41. The van der Waals surface area contributed by atoms with Gasteiger partial charge >= 0.3 is 0 Å². The minimum Gasteiger partial charge on any atom is -0.338 e. The Morgan fingerprint density at radius 2 is 2.19 bits per heavy atom. The number of nitro groups is 1. The Morgan fingerprint density at radius 1 is 1.52 bits per heavy atom. The number of likely N-dealkylation sites (tertiary alicyclic amines) is 1. The number of aryl methyl sites for hydroxylation is 1. The Morgan fingerprint density at radius 3 is 2.71 bits per heavy atom. The Balaban J connectivity index is 1.96. The highest BCUT2D eigenvalue weighted by molar-refractivity contribution is 7.14. The van der Waals surface area contributed by atoms with Gasteiger partial charge < -0.3 is 10.2 Å². The van der Waals surface area contributed by atoms with Crippen LogP contribution in [0.4, 0.5) is 5.69 Å². The lowest BCUT2D eigenvalue weighted by atomic mass is 9.96. The first-order valence-electron chi connectivity index (χ1n) is 7.27. The van der Waals surface area contributed by atoms with Gasteiger partial charge in [-0.15, -0.1) is 11.3 Å². The van der Waals surface area contributed by atoms with Gasteiger partial charge in [-0.1, -0.05) is 6.92 Å². The molecule has 0 bridgehead atoms. The smallest absolute Gasteiger partial charge is 0.283 e. The SMILES string of the molecule is CCNCC1CCN(C(=O)c2cc([N+](=O)[O-])c(C)s2)CC1. The van der Waals surface area contributed by atoms with Crippen molar-refractivity contribution in [2.75, 3.05) is 26.2 Å². The fourth-order valence-corrected chi connectivity index (χ4v) is 3.56. The lowest BCUT2D eigenvalue weighted by Gasteiger charge is -2.31. The largest absolute Gasteiger partial charge is 0.338 e. The third-order valence-electron chi connectivity index (χ3n) is 3.88. The zero-order valence-electron chi connectivity index (χ0n) is 12.4. The quantitative estimate of drug-likeness (QED) is 0.669. The molecule has 0 spiro atoms. The molecular weight excluding hydrogens is 290 g/mol. The molecule has 0 radical (unpaired) electrons. The Kier molecular flexibility index (Phi) is 5.30. The average Bonchev–Trinajstić information content (AvgIpc) is 2.87. The molecule has 6 nitrogen and oxygen atoms in total. The summed E-state index contributed by atoms with van der Waals surface area (Å²) < 4.78 is 0. The van der Waals surface area contributed by atoms with Crippen molar-refractivity contribution < 1.29 is 9.72 Å². The van der Waals surface area contributed by atoms with Crippen LogP contribution in [0.25, 0.3) is 0 Å². The summed E-state index contributed by atoms with van der Waals surface area (Å²) in [4.78, 5) is 25.7. The number of piperidine rings is 1. The Hall–Kier alpha value is -1.47. The van der Waals surface area contributed by atoms with Gasteiger partial charge in [0.05, 0.1) is 14.7 Å². The summed E-state index contributed by atoms with van der Waals surface area (Å²) in [7, 11) is 0. The second kappa shape index (κ2) is 7.00. The molecule has 1 N–H and O–H groups in total.